The zero-order chi connectivity index (χ0) is 12.0. The molecule has 0 saturated carbocycles. The third-order valence-electron chi connectivity index (χ3n) is 2.41. The summed E-state index contributed by atoms with van der Waals surface area (Å²) in [6, 6.07) is 7.90. The number of carboxylic acid groups (broad SMARTS) is 1. The lowest BCUT2D eigenvalue weighted by molar-refractivity contribution is -0.137. The average molecular weight is 222 g/mol. The molecule has 0 spiro atoms. The number of rotatable bonds is 6. The van der Waals surface area contributed by atoms with Crippen molar-refractivity contribution < 1.29 is 14.6 Å². The molecule has 88 valence electrons. The molecule has 1 unspecified atom stereocenters. The summed E-state index contributed by atoms with van der Waals surface area (Å²) < 4.78 is 5.64. The van der Waals surface area contributed by atoms with Crippen LogP contribution in [0, 0.1) is 0 Å². The Bertz CT molecular complexity index is 347. The summed E-state index contributed by atoms with van der Waals surface area (Å²) in [7, 11) is 0. The SMILES string of the molecule is CCc1cccc(OC(C)CCC(=O)O)c1. The Balaban J connectivity index is 2.48. The van der Waals surface area contributed by atoms with Crippen LogP contribution < -0.4 is 4.74 Å². The molecule has 0 radical (unpaired) electrons. The third kappa shape index (κ3) is 4.34. The highest BCUT2D eigenvalue weighted by Gasteiger charge is 2.07. The third-order valence-corrected chi connectivity index (χ3v) is 2.41. The minimum Gasteiger partial charge on any atom is -0.491 e. The average Bonchev–Trinajstić information content (AvgIpc) is 2.26. The van der Waals surface area contributed by atoms with Crippen LogP contribution in [0.2, 0.25) is 0 Å². The summed E-state index contributed by atoms with van der Waals surface area (Å²) in [4.78, 5) is 10.4. The highest BCUT2D eigenvalue weighted by atomic mass is 16.5. The van der Waals surface area contributed by atoms with Gasteiger partial charge in [0.1, 0.15) is 5.75 Å². The molecule has 3 nitrogen and oxygen atoms in total. The van der Waals surface area contributed by atoms with Crippen LogP contribution in [0.1, 0.15) is 32.3 Å². The number of carboxylic acids is 1. The van der Waals surface area contributed by atoms with E-state index in [0.29, 0.717) is 6.42 Å². The highest BCUT2D eigenvalue weighted by Crippen LogP contribution is 2.16. The van der Waals surface area contributed by atoms with E-state index in [2.05, 4.69) is 13.0 Å². The Morgan fingerprint density at radius 2 is 2.25 bits per heavy atom. The molecule has 1 aromatic rings. The van der Waals surface area contributed by atoms with Crippen molar-refractivity contribution in [3.63, 3.8) is 0 Å². The van der Waals surface area contributed by atoms with Crippen molar-refractivity contribution in [3.05, 3.63) is 29.8 Å². The van der Waals surface area contributed by atoms with Crippen molar-refractivity contribution in [2.24, 2.45) is 0 Å². The second-order valence-electron chi connectivity index (χ2n) is 3.86. The Morgan fingerprint density at radius 3 is 2.88 bits per heavy atom. The van der Waals surface area contributed by atoms with Crippen molar-refractivity contribution in [2.45, 2.75) is 39.2 Å². The molecule has 0 fully saturated rings. The van der Waals surface area contributed by atoms with Gasteiger partial charge in [-0.1, -0.05) is 19.1 Å². The Kier molecular flexibility index (Phi) is 4.83. The Hall–Kier alpha value is -1.51. The van der Waals surface area contributed by atoms with E-state index in [1.54, 1.807) is 0 Å². The molecule has 1 N–H and O–H groups in total. The number of carbonyl (C=O) groups is 1. The molecule has 0 aliphatic rings. The summed E-state index contributed by atoms with van der Waals surface area (Å²) >= 11 is 0. The first-order valence-electron chi connectivity index (χ1n) is 5.59. The van der Waals surface area contributed by atoms with Crippen LogP contribution in [0.5, 0.6) is 5.75 Å². The lowest BCUT2D eigenvalue weighted by Crippen LogP contribution is -2.13. The van der Waals surface area contributed by atoms with Gasteiger partial charge in [0.15, 0.2) is 0 Å². The van der Waals surface area contributed by atoms with E-state index in [0.717, 1.165) is 12.2 Å². The smallest absolute Gasteiger partial charge is 0.303 e. The second-order valence-corrected chi connectivity index (χ2v) is 3.86. The van der Waals surface area contributed by atoms with E-state index in [9.17, 15) is 4.79 Å². The van der Waals surface area contributed by atoms with Crippen molar-refractivity contribution in [3.8, 4) is 5.75 Å². The molecular weight excluding hydrogens is 204 g/mol. The Labute approximate surface area is 96.1 Å². The van der Waals surface area contributed by atoms with Gasteiger partial charge >= 0.3 is 5.97 Å². The van der Waals surface area contributed by atoms with Gasteiger partial charge in [0.05, 0.1) is 6.10 Å². The van der Waals surface area contributed by atoms with Crippen LogP contribution >= 0.6 is 0 Å². The number of aliphatic carboxylic acids is 1. The van der Waals surface area contributed by atoms with Gasteiger partial charge in [-0.25, -0.2) is 0 Å². The van der Waals surface area contributed by atoms with Gasteiger partial charge in [0.25, 0.3) is 0 Å². The second kappa shape index (κ2) is 6.16. The van der Waals surface area contributed by atoms with Gasteiger partial charge in [0.2, 0.25) is 0 Å². The van der Waals surface area contributed by atoms with E-state index in [-0.39, 0.29) is 12.5 Å². The summed E-state index contributed by atoms with van der Waals surface area (Å²) in [6.07, 6.45) is 1.59. The molecule has 0 amide bonds. The first-order valence-corrected chi connectivity index (χ1v) is 5.59. The normalized spacial score (nSPS) is 12.1. The van der Waals surface area contributed by atoms with E-state index in [1.165, 1.54) is 5.56 Å². The standard InChI is InChI=1S/C13H18O3/c1-3-11-5-4-6-12(9-11)16-10(2)7-8-13(14)15/h4-6,9-10H,3,7-8H2,1-2H3,(H,14,15). The van der Waals surface area contributed by atoms with Gasteiger partial charge < -0.3 is 9.84 Å². The van der Waals surface area contributed by atoms with E-state index in [1.807, 2.05) is 25.1 Å². The number of ether oxygens (including phenoxy) is 1. The molecule has 16 heavy (non-hydrogen) atoms. The molecule has 1 rings (SSSR count). The minimum absolute atomic E-state index is 0.0665. The van der Waals surface area contributed by atoms with Crippen LogP contribution in [0.25, 0.3) is 0 Å². The fourth-order valence-electron chi connectivity index (χ4n) is 1.46. The zero-order valence-corrected chi connectivity index (χ0v) is 9.77. The van der Waals surface area contributed by atoms with Gasteiger partial charge in [-0.15, -0.1) is 0 Å². The first-order chi connectivity index (χ1) is 7.61. The van der Waals surface area contributed by atoms with E-state index < -0.39 is 5.97 Å². The summed E-state index contributed by atoms with van der Waals surface area (Å²) in [6.45, 7) is 3.98. The monoisotopic (exact) mass is 222 g/mol. The van der Waals surface area contributed by atoms with E-state index >= 15 is 0 Å². The molecular formula is C13H18O3. The first kappa shape index (κ1) is 12.6. The predicted molar refractivity (Wildman–Crippen MR) is 62.8 cm³/mol. The van der Waals surface area contributed by atoms with Crippen molar-refractivity contribution >= 4 is 5.97 Å². The molecule has 0 aromatic heterocycles. The fourth-order valence-corrected chi connectivity index (χ4v) is 1.46. The van der Waals surface area contributed by atoms with Crippen molar-refractivity contribution in [1.82, 2.24) is 0 Å². The lowest BCUT2D eigenvalue weighted by Gasteiger charge is -2.14. The quantitative estimate of drug-likeness (QED) is 0.805. The molecule has 1 aromatic carbocycles. The largest absolute Gasteiger partial charge is 0.491 e. The molecule has 3 heteroatoms. The van der Waals surface area contributed by atoms with Gasteiger partial charge in [-0.3, -0.25) is 4.79 Å². The maximum atomic E-state index is 10.4. The van der Waals surface area contributed by atoms with Gasteiger partial charge in [-0.05, 0) is 37.5 Å². The predicted octanol–water partition coefficient (Wildman–Crippen LogP) is 2.88. The topological polar surface area (TPSA) is 46.5 Å². The zero-order valence-electron chi connectivity index (χ0n) is 9.77. The van der Waals surface area contributed by atoms with Gasteiger partial charge in [-0.2, -0.15) is 0 Å². The molecule has 0 bridgehead atoms. The number of benzene rings is 1. The number of aryl methyl sites for hydroxylation is 1. The maximum absolute atomic E-state index is 10.4. The Morgan fingerprint density at radius 1 is 1.50 bits per heavy atom. The molecule has 1 atom stereocenters. The summed E-state index contributed by atoms with van der Waals surface area (Å²) in [5.41, 5.74) is 1.22. The highest BCUT2D eigenvalue weighted by molar-refractivity contribution is 5.66. The molecule has 0 aliphatic carbocycles. The van der Waals surface area contributed by atoms with Crippen LogP contribution in [0.4, 0.5) is 0 Å². The molecule has 0 aliphatic heterocycles. The lowest BCUT2D eigenvalue weighted by atomic mass is 10.1. The summed E-state index contributed by atoms with van der Waals surface area (Å²) in [5, 5.41) is 8.56. The van der Waals surface area contributed by atoms with Crippen LogP contribution in [0.15, 0.2) is 24.3 Å². The molecule has 0 saturated heterocycles. The van der Waals surface area contributed by atoms with Crippen LogP contribution in [-0.2, 0) is 11.2 Å². The number of hydrogen-bond acceptors (Lipinski definition) is 2. The minimum atomic E-state index is -0.780. The van der Waals surface area contributed by atoms with Crippen LogP contribution in [0.3, 0.4) is 0 Å². The fraction of sp³-hybridized carbons (Fsp3) is 0.462. The van der Waals surface area contributed by atoms with Crippen molar-refractivity contribution in [2.75, 3.05) is 0 Å². The van der Waals surface area contributed by atoms with Crippen molar-refractivity contribution in [1.29, 1.82) is 0 Å². The van der Waals surface area contributed by atoms with Crippen LogP contribution in [-0.4, -0.2) is 17.2 Å². The van der Waals surface area contributed by atoms with Gasteiger partial charge in [0, 0.05) is 6.42 Å². The number of hydrogen-bond donors (Lipinski definition) is 1. The maximum Gasteiger partial charge on any atom is 0.303 e. The molecule has 0 heterocycles. The van der Waals surface area contributed by atoms with E-state index in [4.69, 9.17) is 9.84 Å². The summed E-state index contributed by atoms with van der Waals surface area (Å²) in [5.74, 6) is 0.0370.